The molecule has 1 aliphatic rings. The first-order valence-corrected chi connectivity index (χ1v) is 8.43. The number of non-ortho nitro benzene ring substituents is 1. The Morgan fingerprint density at radius 3 is 2.43 bits per heavy atom. The normalized spacial score (nSPS) is 15.7. The van der Waals surface area contributed by atoms with Crippen molar-refractivity contribution in [2.24, 2.45) is 0 Å². The van der Waals surface area contributed by atoms with Gasteiger partial charge in [-0.05, 0) is 12.5 Å². The number of allylic oxidation sites excluding steroid dienone is 1. The molecule has 0 saturated heterocycles. The minimum Gasteiger partial charge on any atom is -0.454 e. The zero-order valence-corrected chi connectivity index (χ0v) is 13.0. The van der Waals surface area contributed by atoms with E-state index in [-0.39, 0.29) is 33.4 Å². The summed E-state index contributed by atoms with van der Waals surface area (Å²) < 4.78 is 31.3. The van der Waals surface area contributed by atoms with Gasteiger partial charge in [-0.2, -0.15) is 0 Å². The number of nitro benzene ring substituents is 1. The van der Waals surface area contributed by atoms with E-state index < -0.39 is 14.8 Å². The molecule has 0 saturated carbocycles. The highest BCUT2D eigenvalue weighted by Gasteiger charge is 2.34. The van der Waals surface area contributed by atoms with Crippen LogP contribution in [0.2, 0.25) is 0 Å². The van der Waals surface area contributed by atoms with Crippen LogP contribution in [0.15, 0.2) is 58.3 Å². The quantitative estimate of drug-likeness (QED) is 0.634. The Kier molecular flexibility index (Phi) is 3.65. The van der Waals surface area contributed by atoms with Crippen LogP contribution in [0.5, 0.6) is 5.75 Å². The molecule has 3 rings (SSSR count). The summed E-state index contributed by atoms with van der Waals surface area (Å²) in [4.78, 5) is 10.5. The molecular weight excluding hydrogens is 318 g/mol. The van der Waals surface area contributed by atoms with Crippen LogP contribution in [0.25, 0.3) is 5.76 Å². The molecule has 0 amide bonds. The minimum absolute atomic E-state index is 0.0183. The fourth-order valence-electron chi connectivity index (χ4n) is 2.49. The van der Waals surface area contributed by atoms with Crippen LogP contribution in [0, 0.1) is 10.1 Å². The van der Waals surface area contributed by atoms with Crippen LogP contribution >= 0.6 is 0 Å². The molecule has 0 N–H and O–H groups in total. The molecule has 118 valence electrons. The maximum Gasteiger partial charge on any atom is 0.273 e. The summed E-state index contributed by atoms with van der Waals surface area (Å²) in [6.07, 6.45) is 0.267. The summed E-state index contributed by atoms with van der Waals surface area (Å²) in [6.45, 7) is 1.73. The molecule has 7 heteroatoms. The third-order valence-electron chi connectivity index (χ3n) is 3.57. The van der Waals surface area contributed by atoms with Gasteiger partial charge in [0.2, 0.25) is 9.84 Å². The molecule has 0 atom stereocenters. The van der Waals surface area contributed by atoms with Crippen LogP contribution in [-0.4, -0.2) is 13.3 Å². The van der Waals surface area contributed by atoms with Gasteiger partial charge >= 0.3 is 0 Å². The molecular formula is C16H13NO5S. The molecule has 23 heavy (non-hydrogen) atoms. The maximum absolute atomic E-state index is 12.8. The molecule has 0 bridgehead atoms. The van der Waals surface area contributed by atoms with E-state index in [1.54, 1.807) is 31.2 Å². The first-order chi connectivity index (χ1) is 10.9. The molecule has 0 spiro atoms. The lowest BCUT2D eigenvalue weighted by molar-refractivity contribution is -0.385. The summed E-state index contributed by atoms with van der Waals surface area (Å²) >= 11 is 0. The summed E-state index contributed by atoms with van der Waals surface area (Å²) in [5, 5.41) is 10.9. The van der Waals surface area contributed by atoms with Gasteiger partial charge in [-0.25, -0.2) is 8.42 Å². The van der Waals surface area contributed by atoms with Crippen molar-refractivity contribution in [1.29, 1.82) is 0 Å². The number of fused-ring (bicyclic) bond motifs is 1. The Morgan fingerprint density at radius 2 is 1.83 bits per heavy atom. The van der Waals surface area contributed by atoms with Crippen molar-refractivity contribution in [1.82, 2.24) is 0 Å². The lowest BCUT2D eigenvalue weighted by Crippen LogP contribution is -2.16. The van der Waals surface area contributed by atoms with Crippen molar-refractivity contribution in [3.8, 4) is 5.75 Å². The molecule has 2 aromatic rings. The number of rotatable bonds is 3. The Labute approximate surface area is 133 Å². The fraction of sp³-hybridized carbons (Fsp3) is 0.125. The van der Waals surface area contributed by atoms with E-state index in [1.165, 1.54) is 12.1 Å². The largest absolute Gasteiger partial charge is 0.454 e. The van der Waals surface area contributed by atoms with Gasteiger partial charge in [0.1, 0.15) is 10.7 Å². The Bertz CT molecular complexity index is 917. The van der Waals surface area contributed by atoms with Crippen molar-refractivity contribution in [2.45, 2.75) is 18.2 Å². The van der Waals surface area contributed by atoms with Crippen LogP contribution in [0.3, 0.4) is 0 Å². The van der Waals surface area contributed by atoms with E-state index in [0.717, 1.165) is 6.07 Å². The van der Waals surface area contributed by atoms with Gasteiger partial charge < -0.3 is 4.74 Å². The number of ether oxygens (including phenoxy) is 1. The number of benzene rings is 2. The van der Waals surface area contributed by atoms with Gasteiger partial charge in [-0.1, -0.05) is 37.3 Å². The molecule has 2 aromatic carbocycles. The number of sulfone groups is 1. The van der Waals surface area contributed by atoms with E-state index in [1.807, 2.05) is 6.07 Å². The Hall–Kier alpha value is -2.67. The fourth-order valence-corrected chi connectivity index (χ4v) is 4.16. The third-order valence-corrected chi connectivity index (χ3v) is 5.61. The van der Waals surface area contributed by atoms with Gasteiger partial charge in [-0.3, -0.25) is 10.1 Å². The zero-order chi connectivity index (χ0) is 16.6. The number of hydrogen-bond donors (Lipinski definition) is 0. The standard InChI is InChI=1S/C16H13NO5S/c1-2-14-16(11-6-4-3-5-7-11)22-13-10-12(17(18)19)8-9-15(13)23(14,20)21/h3-10H,2H2,1H3. The zero-order valence-electron chi connectivity index (χ0n) is 12.2. The van der Waals surface area contributed by atoms with Crippen LogP contribution in [-0.2, 0) is 9.84 Å². The second-order valence-electron chi connectivity index (χ2n) is 4.97. The maximum atomic E-state index is 12.8. The second kappa shape index (κ2) is 5.51. The van der Waals surface area contributed by atoms with Gasteiger partial charge in [0.15, 0.2) is 5.75 Å². The Balaban J connectivity index is 2.24. The lowest BCUT2D eigenvalue weighted by Gasteiger charge is -2.23. The first kappa shape index (κ1) is 15.2. The van der Waals surface area contributed by atoms with Gasteiger partial charge in [0.05, 0.1) is 15.9 Å². The summed E-state index contributed by atoms with van der Waals surface area (Å²) in [6, 6.07) is 12.4. The molecule has 0 aromatic heterocycles. The lowest BCUT2D eigenvalue weighted by atomic mass is 10.1. The van der Waals surface area contributed by atoms with Crippen molar-refractivity contribution < 1.29 is 18.1 Å². The van der Waals surface area contributed by atoms with E-state index >= 15 is 0 Å². The monoisotopic (exact) mass is 331 g/mol. The summed E-state index contributed by atoms with van der Waals surface area (Å²) in [5.74, 6) is 0.205. The van der Waals surface area contributed by atoms with Crippen molar-refractivity contribution in [2.75, 3.05) is 0 Å². The van der Waals surface area contributed by atoms with Crippen molar-refractivity contribution in [3.63, 3.8) is 0 Å². The third kappa shape index (κ3) is 2.49. The predicted octanol–water partition coefficient (Wildman–Crippen LogP) is 3.54. The molecule has 0 fully saturated rings. The second-order valence-corrected chi connectivity index (χ2v) is 6.91. The van der Waals surface area contributed by atoms with E-state index in [0.29, 0.717) is 5.56 Å². The van der Waals surface area contributed by atoms with E-state index in [2.05, 4.69) is 0 Å². The molecule has 0 unspecified atom stereocenters. The number of nitrogens with zero attached hydrogens (tertiary/aromatic N) is 1. The molecule has 0 radical (unpaired) electrons. The minimum atomic E-state index is -3.74. The van der Waals surface area contributed by atoms with Gasteiger partial charge in [0, 0.05) is 11.6 Å². The molecule has 0 aliphatic carbocycles. The van der Waals surface area contributed by atoms with Gasteiger partial charge in [-0.15, -0.1) is 0 Å². The number of hydrogen-bond acceptors (Lipinski definition) is 5. The summed E-state index contributed by atoms with van der Waals surface area (Å²) in [7, 11) is -3.74. The average molecular weight is 331 g/mol. The molecule has 6 nitrogen and oxygen atoms in total. The highest BCUT2D eigenvalue weighted by molar-refractivity contribution is 7.95. The average Bonchev–Trinajstić information content (AvgIpc) is 2.54. The predicted molar refractivity (Wildman–Crippen MR) is 84.6 cm³/mol. The topological polar surface area (TPSA) is 86.5 Å². The highest BCUT2D eigenvalue weighted by Crippen LogP contribution is 2.42. The molecule has 1 aliphatic heterocycles. The van der Waals surface area contributed by atoms with Crippen molar-refractivity contribution in [3.05, 3.63) is 69.1 Å². The van der Waals surface area contributed by atoms with Crippen LogP contribution in [0.4, 0.5) is 5.69 Å². The van der Waals surface area contributed by atoms with E-state index in [9.17, 15) is 18.5 Å². The SMILES string of the molecule is CCC1=C(c2ccccc2)Oc2cc([N+](=O)[O-])ccc2S1(=O)=O. The van der Waals surface area contributed by atoms with Gasteiger partial charge in [0.25, 0.3) is 5.69 Å². The summed E-state index contributed by atoms with van der Waals surface area (Å²) in [5.41, 5.74) is 0.399. The number of nitro groups is 1. The first-order valence-electron chi connectivity index (χ1n) is 6.95. The van der Waals surface area contributed by atoms with E-state index in [4.69, 9.17) is 4.74 Å². The van der Waals surface area contributed by atoms with Crippen LogP contribution in [0.1, 0.15) is 18.9 Å². The highest BCUT2D eigenvalue weighted by atomic mass is 32.2. The Morgan fingerprint density at radius 1 is 1.13 bits per heavy atom. The van der Waals surface area contributed by atoms with Crippen LogP contribution < -0.4 is 4.74 Å². The smallest absolute Gasteiger partial charge is 0.273 e. The van der Waals surface area contributed by atoms with Crippen molar-refractivity contribution >= 4 is 21.3 Å². The molecule has 1 heterocycles.